The fraction of sp³-hybridized carbons (Fsp3) is 0.652. The lowest BCUT2D eigenvalue weighted by atomic mass is 10.0. The number of esters is 2. The molecule has 0 aromatic carbocycles. The number of carbonyl (C=O) groups is 2. The number of phosphoric acid groups is 1. The van der Waals surface area contributed by atoms with Crippen LogP contribution in [-0.4, -0.2) is 49.3 Å². The zero-order valence-electron chi connectivity index (χ0n) is 50.3. The van der Waals surface area contributed by atoms with Gasteiger partial charge < -0.3 is 20.1 Å². The fourth-order valence-corrected chi connectivity index (χ4v) is 9.21. The first kappa shape index (κ1) is 75.2. The Morgan fingerprint density at radius 2 is 0.671 bits per heavy atom. The maximum absolute atomic E-state index is 12.7. The van der Waals surface area contributed by atoms with Crippen molar-refractivity contribution in [3.05, 3.63) is 134 Å². The first-order valence-corrected chi connectivity index (χ1v) is 33.2. The minimum atomic E-state index is -4.41. The second-order valence-corrected chi connectivity index (χ2v) is 22.0. The van der Waals surface area contributed by atoms with E-state index in [0.717, 1.165) is 89.9 Å². The Labute approximate surface area is 484 Å². The molecule has 0 aliphatic heterocycles. The number of rotatable bonds is 58. The molecule has 0 rings (SSSR count). The van der Waals surface area contributed by atoms with Gasteiger partial charge in [0.2, 0.25) is 0 Å². The van der Waals surface area contributed by atoms with Crippen LogP contribution in [-0.2, 0) is 32.7 Å². The molecule has 3 N–H and O–H groups in total. The van der Waals surface area contributed by atoms with Gasteiger partial charge in [-0.1, -0.05) is 276 Å². The molecular formula is C69H116NO8P. The third-order valence-electron chi connectivity index (χ3n) is 13.0. The van der Waals surface area contributed by atoms with Crippen LogP contribution in [0.25, 0.3) is 0 Å². The average Bonchev–Trinajstić information content (AvgIpc) is 3.44. The Bertz CT molecular complexity index is 1750. The lowest BCUT2D eigenvalue weighted by molar-refractivity contribution is -0.161. The van der Waals surface area contributed by atoms with Crippen LogP contribution < -0.4 is 5.73 Å². The van der Waals surface area contributed by atoms with E-state index in [1.807, 2.05) is 6.08 Å². The molecule has 0 fully saturated rings. The maximum Gasteiger partial charge on any atom is 0.472 e. The molecule has 450 valence electrons. The summed E-state index contributed by atoms with van der Waals surface area (Å²) in [5.74, 6) is -0.898. The average molecular weight is 1120 g/mol. The SMILES string of the molecule is CC/C=C\C/C=C\C/C=C\C/C=C\C/C=C\C/C=C\C/C=C\CCCC(=O)OC(COC(=O)CCCCCCCCCCCCCCCCCCCCCCCC/C=C\C/C=C\C/C=C\C/C=C\CC)COP(=O)(O)OCCN. The third-order valence-corrected chi connectivity index (χ3v) is 14.0. The fourth-order valence-electron chi connectivity index (χ4n) is 8.44. The van der Waals surface area contributed by atoms with E-state index in [4.69, 9.17) is 24.3 Å². The van der Waals surface area contributed by atoms with E-state index in [1.165, 1.54) is 128 Å². The van der Waals surface area contributed by atoms with Crippen molar-refractivity contribution in [1.29, 1.82) is 0 Å². The van der Waals surface area contributed by atoms with Crippen LogP contribution in [0.15, 0.2) is 134 Å². The van der Waals surface area contributed by atoms with E-state index in [1.54, 1.807) is 0 Å². The predicted octanol–water partition coefficient (Wildman–Crippen LogP) is 20.5. The first-order chi connectivity index (χ1) is 38.8. The number of phosphoric ester groups is 1. The summed E-state index contributed by atoms with van der Waals surface area (Å²) in [5.41, 5.74) is 5.38. The highest BCUT2D eigenvalue weighted by Gasteiger charge is 2.26. The maximum atomic E-state index is 12.7. The van der Waals surface area contributed by atoms with Crippen molar-refractivity contribution >= 4 is 19.8 Å². The van der Waals surface area contributed by atoms with E-state index in [9.17, 15) is 19.0 Å². The van der Waals surface area contributed by atoms with Crippen LogP contribution in [0, 0.1) is 0 Å². The smallest absolute Gasteiger partial charge is 0.462 e. The summed E-state index contributed by atoms with van der Waals surface area (Å²) in [6.07, 6.45) is 89.7. The van der Waals surface area contributed by atoms with E-state index in [-0.39, 0.29) is 32.6 Å². The molecule has 0 aliphatic carbocycles. The molecule has 0 aromatic rings. The number of hydrogen-bond donors (Lipinski definition) is 2. The number of carbonyl (C=O) groups excluding carboxylic acids is 2. The van der Waals surface area contributed by atoms with E-state index < -0.39 is 32.5 Å². The van der Waals surface area contributed by atoms with Crippen molar-refractivity contribution in [2.24, 2.45) is 5.73 Å². The minimum absolute atomic E-state index is 0.0387. The highest BCUT2D eigenvalue weighted by molar-refractivity contribution is 7.47. The minimum Gasteiger partial charge on any atom is -0.462 e. The van der Waals surface area contributed by atoms with E-state index >= 15 is 0 Å². The van der Waals surface area contributed by atoms with Crippen molar-refractivity contribution < 1.29 is 37.6 Å². The largest absolute Gasteiger partial charge is 0.472 e. The second kappa shape index (κ2) is 63.3. The monoisotopic (exact) mass is 1120 g/mol. The van der Waals surface area contributed by atoms with Gasteiger partial charge in [0.25, 0.3) is 0 Å². The molecule has 10 heteroatoms. The Morgan fingerprint density at radius 1 is 0.380 bits per heavy atom. The van der Waals surface area contributed by atoms with Gasteiger partial charge in [-0.25, -0.2) is 4.57 Å². The Kier molecular flexibility index (Phi) is 60.2. The summed E-state index contributed by atoms with van der Waals surface area (Å²) in [4.78, 5) is 35.2. The van der Waals surface area contributed by atoms with Crippen molar-refractivity contribution in [1.82, 2.24) is 0 Å². The van der Waals surface area contributed by atoms with Crippen LogP contribution in [0.4, 0.5) is 0 Å². The van der Waals surface area contributed by atoms with Gasteiger partial charge in [0.1, 0.15) is 6.61 Å². The highest BCUT2D eigenvalue weighted by Crippen LogP contribution is 2.43. The summed E-state index contributed by atoms with van der Waals surface area (Å²) in [6, 6.07) is 0. The first-order valence-electron chi connectivity index (χ1n) is 31.7. The topological polar surface area (TPSA) is 134 Å². The van der Waals surface area contributed by atoms with Crippen LogP contribution >= 0.6 is 7.82 Å². The molecule has 0 saturated heterocycles. The summed E-state index contributed by atoms with van der Waals surface area (Å²) >= 11 is 0. The molecule has 79 heavy (non-hydrogen) atoms. The molecule has 0 saturated carbocycles. The Morgan fingerprint density at radius 3 is 1.01 bits per heavy atom. The van der Waals surface area contributed by atoms with Crippen LogP contribution in [0.1, 0.15) is 258 Å². The van der Waals surface area contributed by atoms with Gasteiger partial charge in [-0.15, -0.1) is 0 Å². The molecule has 0 spiro atoms. The van der Waals surface area contributed by atoms with Crippen LogP contribution in [0.5, 0.6) is 0 Å². The van der Waals surface area contributed by atoms with Gasteiger partial charge >= 0.3 is 19.8 Å². The number of hydrogen-bond acceptors (Lipinski definition) is 8. The van der Waals surface area contributed by atoms with Gasteiger partial charge in [-0.2, -0.15) is 0 Å². The van der Waals surface area contributed by atoms with E-state index in [0.29, 0.717) is 12.8 Å². The zero-order valence-corrected chi connectivity index (χ0v) is 51.2. The molecule has 0 radical (unpaired) electrons. The number of unbranched alkanes of at least 4 members (excludes halogenated alkanes) is 23. The Balaban J connectivity index is 3.95. The van der Waals surface area contributed by atoms with Crippen molar-refractivity contribution in [2.45, 2.75) is 264 Å². The third kappa shape index (κ3) is 63.2. The summed E-state index contributed by atoms with van der Waals surface area (Å²) in [7, 11) is -4.41. The molecule has 0 amide bonds. The normalized spacial score (nSPS) is 13.9. The quantitative estimate of drug-likeness (QED) is 0.0264. The molecule has 2 atom stereocenters. The van der Waals surface area contributed by atoms with Crippen molar-refractivity contribution in [2.75, 3.05) is 26.4 Å². The number of nitrogens with two attached hydrogens (primary N) is 1. The lowest BCUT2D eigenvalue weighted by Crippen LogP contribution is -2.29. The predicted molar refractivity (Wildman–Crippen MR) is 339 cm³/mol. The molecule has 0 heterocycles. The summed E-state index contributed by atoms with van der Waals surface area (Å²) in [5, 5.41) is 0. The molecule has 2 unspecified atom stereocenters. The number of ether oxygens (including phenoxy) is 2. The number of allylic oxidation sites excluding steroid dienone is 22. The zero-order chi connectivity index (χ0) is 57.3. The van der Waals surface area contributed by atoms with Gasteiger partial charge in [0.05, 0.1) is 13.2 Å². The molecule has 0 aliphatic rings. The van der Waals surface area contributed by atoms with Crippen molar-refractivity contribution in [3.8, 4) is 0 Å². The molecule has 0 bridgehead atoms. The summed E-state index contributed by atoms with van der Waals surface area (Å²) in [6.45, 7) is 3.46. The van der Waals surface area contributed by atoms with Gasteiger partial charge in [0.15, 0.2) is 6.10 Å². The molecule has 0 aromatic heterocycles. The van der Waals surface area contributed by atoms with Gasteiger partial charge in [-0.05, 0) is 103 Å². The van der Waals surface area contributed by atoms with Gasteiger partial charge in [0, 0.05) is 19.4 Å². The van der Waals surface area contributed by atoms with Gasteiger partial charge in [-0.3, -0.25) is 18.6 Å². The second-order valence-electron chi connectivity index (χ2n) is 20.5. The molecular weight excluding hydrogens is 1000 g/mol. The van der Waals surface area contributed by atoms with Crippen molar-refractivity contribution in [3.63, 3.8) is 0 Å². The summed E-state index contributed by atoms with van der Waals surface area (Å²) < 4.78 is 33.0. The highest BCUT2D eigenvalue weighted by atomic mass is 31.2. The van der Waals surface area contributed by atoms with E-state index in [2.05, 4.69) is 141 Å². The lowest BCUT2D eigenvalue weighted by Gasteiger charge is -2.19. The molecule has 9 nitrogen and oxygen atoms in total. The standard InChI is InChI=1S/C69H116NO8P/c1-3-5-7-9-11-13-15-17-19-21-23-25-27-28-29-30-31-32-33-34-35-36-37-38-40-41-43-45-47-49-51-53-55-57-59-61-68(71)75-65-67(66-77-79(73,74)76-64-63-70)78-69(72)62-60-58-56-54-52-50-48-46-44-42-39-26-24-22-20-18-16-14-12-10-8-6-4-2/h5-8,11-14,17-20,23-26,42,44,48,50,54,56,67H,3-4,9-10,15-16,21-22,27-41,43,45-47,49,51-53,55,57-66,70H2,1-2H3,(H,73,74)/b7-5-,8-6-,13-11-,14-12-,19-17-,20-18-,25-23-,26-24-,44-42-,50-48-,56-54-. The van der Waals surface area contributed by atoms with Crippen LogP contribution in [0.2, 0.25) is 0 Å². The van der Waals surface area contributed by atoms with Crippen LogP contribution in [0.3, 0.4) is 0 Å². The Hall–Kier alpha value is -3.85.